The lowest BCUT2D eigenvalue weighted by Gasteiger charge is -2.15. The number of rotatable bonds is 11. The summed E-state index contributed by atoms with van der Waals surface area (Å²) in [4.78, 5) is 0. The van der Waals surface area contributed by atoms with Crippen LogP contribution in [0.15, 0.2) is 0 Å². The van der Waals surface area contributed by atoms with Gasteiger partial charge in [-0.2, -0.15) is 0 Å². The molecule has 0 amide bonds. The molecule has 0 saturated carbocycles. The van der Waals surface area contributed by atoms with Gasteiger partial charge in [-0.1, -0.05) is 6.92 Å². The molecule has 2 nitrogen and oxygen atoms in total. The van der Waals surface area contributed by atoms with Gasteiger partial charge in [0.05, 0.1) is 13.2 Å². The molecule has 0 rings (SSSR count). The van der Waals surface area contributed by atoms with Crippen LogP contribution in [0.1, 0.15) is 32.6 Å². The van der Waals surface area contributed by atoms with Crippen LogP contribution in [-0.4, -0.2) is 31.1 Å². The smallest absolute Gasteiger partial charge is 0.170 e. The maximum absolute atomic E-state index is 5.62. The lowest BCUT2D eigenvalue weighted by molar-refractivity contribution is 0.244. The average molecular weight is 275 g/mol. The van der Waals surface area contributed by atoms with Crippen molar-refractivity contribution in [2.24, 2.45) is 0 Å². The Hall–Kier alpha value is 0.930. The predicted octanol–water partition coefficient (Wildman–Crippen LogP) is 4.39. The number of unbranched alkanes of at least 4 members (excludes halogenated alkanes) is 2. The second-order valence-electron chi connectivity index (χ2n) is 3.11. The fourth-order valence-corrected chi connectivity index (χ4v) is 2.43. The van der Waals surface area contributed by atoms with E-state index in [1.165, 1.54) is 0 Å². The summed E-state index contributed by atoms with van der Waals surface area (Å²) in [5, 5.41) is 0. The van der Waals surface area contributed by atoms with Gasteiger partial charge in [0.15, 0.2) is 8.38 Å². The molecule has 0 radical (unpaired) electrons. The first kappa shape index (κ1) is 15.9. The molecule has 0 N–H and O–H groups in total. The van der Waals surface area contributed by atoms with Gasteiger partial charge >= 0.3 is 0 Å². The molecule has 0 fully saturated rings. The third-order valence-corrected chi connectivity index (χ3v) is 3.78. The number of alkyl halides is 2. The van der Waals surface area contributed by atoms with Crippen molar-refractivity contribution in [1.29, 1.82) is 0 Å². The Morgan fingerprint density at radius 3 is 1.67 bits per heavy atom. The highest BCUT2D eigenvalue weighted by Crippen LogP contribution is 2.37. The molecule has 15 heavy (non-hydrogen) atoms. The molecule has 0 aliphatic heterocycles. The number of halogens is 2. The molecule has 0 aliphatic carbocycles. The number of hydrogen-bond donors (Lipinski definition) is 0. The predicted molar refractivity (Wildman–Crippen MR) is 69.3 cm³/mol. The van der Waals surface area contributed by atoms with E-state index in [9.17, 15) is 0 Å². The van der Waals surface area contributed by atoms with Crippen LogP contribution in [0.25, 0.3) is 0 Å². The molecule has 0 unspecified atom stereocenters. The summed E-state index contributed by atoms with van der Waals surface area (Å²) in [5.74, 6) is 1.42. The van der Waals surface area contributed by atoms with E-state index in [4.69, 9.17) is 32.2 Å². The lowest BCUT2D eigenvalue weighted by atomic mass is 10.4. The van der Waals surface area contributed by atoms with Crippen LogP contribution >= 0.6 is 31.6 Å². The van der Waals surface area contributed by atoms with Gasteiger partial charge in [-0.15, -0.1) is 23.2 Å². The largest absolute Gasteiger partial charge is 0.334 e. The van der Waals surface area contributed by atoms with Gasteiger partial charge in [0, 0.05) is 17.9 Å². The summed E-state index contributed by atoms with van der Waals surface area (Å²) in [6.45, 7) is 3.62. The summed E-state index contributed by atoms with van der Waals surface area (Å²) in [6.07, 6.45) is 5.03. The molecule has 0 aromatic rings. The van der Waals surface area contributed by atoms with Crippen molar-refractivity contribution >= 4 is 31.6 Å². The van der Waals surface area contributed by atoms with Crippen molar-refractivity contribution in [1.82, 2.24) is 0 Å². The van der Waals surface area contributed by atoms with Crippen LogP contribution in [0.5, 0.6) is 0 Å². The highest BCUT2D eigenvalue weighted by molar-refractivity contribution is 7.47. The maximum Gasteiger partial charge on any atom is 0.170 e. The Morgan fingerprint density at radius 2 is 1.33 bits per heavy atom. The molecule has 0 spiro atoms. The first-order valence-electron chi connectivity index (χ1n) is 5.50. The number of hydrogen-bond acceptors (Lipinski definition) is 2. The summed E-state index contributed by atoms with van der Waals surface area (Å²) >= 11 is 11.2. The minimum Gasteiger partial charge on any atom is -0.334 e. The van der Waals surface area contributed by atoms with Crippen molar-refractivity contribution in [3.63, 3.8) is 0 Å². The molecule has 92 valence electrons. The van der Waals surface area contributed by atoms with Crippen molar-refractivity contribution in [3.8, 4) is 0 Å². The molecule has 0 aromatic carbocycles. The molecular weight excluding hydrogens is 254 g/mol. The normalized spacial score (nSPS) is 11.2. The average Bonchev–Trinajstić information content (AvgIpc) is 2.27. The highest BCUT2D eigenvalue weighted by atomic mass is 35.5. The molecular formula is C10H21Cl2O2P. The third kappa shape index (κ3) is 11.2. The van der Waals surface area contributed by atoms with E-state index in [1.54, 1.807) is 0 Å². The van der Waals surface area contributed by atoms with Gasteiger partial charge < -0.3 is 9.05 Å². The van der Waals surface area contributed by atoms with E-state index >= 15 is 0 Å². The van der Waals surface area contributed by atoms with Crippen molar-refractivity contribution in [2.45, 2.75) is 32.6 Å². The van der Waals surface area contributed by atoms with Gasteiger partial charge in [0.25, 0.3) is 0 Å². The Kier molecular flexibility index (Phi) is 13.8. The van der Waals surface area contributed by atoms with Crippen LogP contribution in [0.2, 0.25) is 0 Å². The van der Waals surface area contributed by atoms with Gasteiger partial charge in [-0.3, -0.25) is 0 Å². The molecule has 5 heteroatoms. The van der Waals surface area contributed by atoms with Crippen LogP contribution in [-0.2, 0) is 9.05 Å². The Bertz CT molecular complexity index is 116. The molecule has 0 aliphatic rings. The second-order valence-corrected chi connectivity index (χ2v) is 5.68. The van der Waals surface area contributed by atoms with Crippen LogP contribution in [0.3, 0.4) is 0 Å². The van der Waals surface area contributed by atoms with E-state index in [2.05, 4.69) is 6.92 Å². The fourth-order valence-electron chi connectivity index (χ4n) is 0.946. The van der Waals surface area contributed by atoms with E-state index in [-0.39, 0.29) is 0 Å². The quantitative estimate of drug-likeness (QED) is 0.316. The summed E-state index contributed by atoms with van der Waals surface area (Å²) in [6, 6.07) is 0. The Labute approximate surface area is 105 Å². The van der Waals surface area contributed by atoms with Gasteiger partial charge in [-0.25, -0.2) is 0 Å². The van der Waals surface area contributed by atoms with Crippen LogP contribution < -0.4 is 0 Å². The Morgan fingerprint density at radius 1 is 0.867 bits per heavy atom. The van der Waals surface area contributed by atoms with Crippen molar-refractivity contribution in [3.05, 3.63) is 0 Å². The molecule has 0 heterocycles. The minimum absolute atomic E-state index is 0.678. The van der Waals surface area contributed by atoms with E-state index in [1.807, 2.05) is 0 Å². The fraction of sp³-hybridized carbons (Fsp3) is 1.00. The minimum atomic E-state index is -0.678. The standard InChI is InChI=1S/C10H21Cl2O2P/c1-2-15(13-9-5-3-7-11)14-10-6-4-8-12/h2-10H2,1H3. The van der Waals surface area contributed by atoms with Gasteiger partial charge in [-0.05, 0) is 25.7 Å². The summed E-state index contributed by atoms with van der Waals surface area (Å²) in [7, 11) is -0.678. The first-order chi connectivity index (χ1) is 7.35. The second kappa shape index (κ2) is 13.0. The first-order valence-corrected chi connectivity index (χ1v) is 7.93. The van der Waals surface area contributed by atoms with E-state index in [0.717, 1.165) is 45.1 Å². The maximum atomic E-state index is 5.62. The van der Waals surface area contributed by atoms with Gasteiger partial charge in [0.2, 0.25) is 0 Å². The highest BCUT2D eigenvalue weighted by Gasteiger charge is 2.06. The molecule has 0 atom stereocenters. The van der Waals surface area contributed by atoms with Gasteiger partial charge in [0.1, 0.15) is 0 Å². The zero-order valence-electron chi connectivity index (χ0n) is 9.38. The van der Waals surface area contributed by atoms with Crippen molar-refractivity contribution in [2.75, 3.05) is 31.1 Å². The van der Waals surface area contributed by atoms with Crippen LogP contribution in [0, 0.1) is 0 Å². The monoisotopic (exact) mass is 274 g/mol. The zero-order valence-corrected chi connectivity index (χ0v) is 11.8. The van der Waals surface area contributed by atoms with Crippen LogP contribution in [0.4, 0.5) is 0 Å². The van der Waals surface area contributed by atoms with E-state index < -0.39 is 8.38 Å². The summed E-state index contributed by atoms with van der Waals surface area (Å²) in [5.41, 5.74) is 0. The third-order valence-electron chi connectivity index (χ3n) is 1.78. The topological polar surface area (TPSA) is 18.5 Å². The summed E-state index contributed by atoms with van der Waals surface area (Å²) < 4.78 is 11.2. The Balaban J connectivity index is 3.29. The molecule has 0 saturated heterocycles. The zero-order chi connectivity index (χ0) is 11.4. The van der Waals surface area contributed by atoms with Crippen molar-refractivity contribution < 1.29 is 9.05 Å². The molecule has 0 aromatic heterocycles. The SMILES string of the molecule is CCP(OCCCCCl)OCCCCCl. The lowest BCUT2D eigenvalue weighted by Crippen LogP contribution is -1.98. The molecule has 0 bridgehead atoms. The van der Waals surface area contributed by atoms with E-state index in [0.29, 0.717) is 11.8 Å².